The van der Waals surface area contributed by atoms with Crippen LogP contribution in [0.2, 0.25) is 0 Å². The van der Waals surface area contributed by atoms with Gasteiger partial charge in [-0.05, 0) is 26.0 Å². The third-order valence-electron chi connectivity index (χ3n) is 2.81. The topological polar surface area (TPSA) is 84.5 Å². The van der Waals surface area contributed by atoms with Gasteiger partial charge in [-0.3, -0.25) is 10.4 Å². The van der Waals surface area contributed by atoms with Gasteiger partial charge in [-0.1, -0.05) is 0 Å². The summed E-state index contributed by atoms with van der Waals surface area (Å²) in [5, 5.41) is 7.35. The average molecular weight is 280 g/mol. The zero-order valence-electron chi connectivity index (χ0n) is 12.3. The fourth-order valence-corrected chi connectivity index (χ4v) is 1.74. The number of hydrogen-bond donors (Lipinski definition) is 2. The number of ether oxygens (including phenoxy) is 2. The number of aromatic nitrogens is 1. The van der Waals surface area contributed by atoms with Gasteiger partial charge in [-0.15, -0.1) is 0 Å². The molecule has 20 heavy (non-hydrogen) atoms. The lowest BCUT2D eigenvalue weighted by molar-refractivity contribution is 0.141. The monoisotopic (exact) mass is 280 g/mol. The van der Waals surface area contributed by atoms with E-state index in [4.69, 9.17) is 20.6 Å². The number of nitrogens with one attached hydrogen (secondary N) is 1. The first-order valence-electron chi connectivity index (χ1n) is 6.89. The highest BCUT2D eigenvalue weighted by Crippen LogP contribution is 2.12. The second-order valence-corrected chi connectivity index (χ2v) is 4.20. The molecule has 1 rings (SSSR count). The van der Waals surface area contributed by atoms with E-state index in [-0.39, 0.29) is 5.84 Å². The van der Waals surface area contributed by atoms with Gasteiger partial charge < -0.3 is 20.1 Å². The van der Waals surface area contributed by atoms with E-state index in [0.29, 0.717) is 32.1 Å². The van der Waals surface area contributed by atoms with Gasteiger partial charge in [0.05, 0.1) is 25.1 Å². The van der Waals surface area contributed by atoms with E-state index < -0.39 is 0 Å². The van der Waals surface area contributed by atoms with Gasteiger partial charge in [0.15, 0.2) is 0 Å². The molecular formula is C14H24N4O2. The largest absolute Gasteiger partial charge is 0.382 e. The molecule has 0 atom stereocenters. The van der Waals surface area contributed by atoms with E-state index in [1.165, 1.54) is 0 Å². The van der Waals surface area contributed by atoms with Crippen LogP contribution in [0.5, 0.6) is 0 Å². The van der Waals surface area contributed by atoms with Gasteiger partial charge in [0, 0.05) is 26.3 Å². The number of rotatable bonds is 10. The number of hydrogen-bond acceptors (Lipinski definition) is 5. The van der Waals surface area contributed by atoms with Crippen LogP contribution in [0.25, 0.3) is 0 Å². The fourth-order valence-electron chi connectivity index (χ4n) is 1.74. The maximum Gasteiger partial charge on any atom is 0.141 e. The Kier molecular flexibility index (Phi) is 7.60. The molecule has 3 N–H and O–H groups in total. The van der Waals surface area contributed by atoms with Crippen molar-refractivity contribution in [1.82, 2.24) is 4.98 Å². The first-order valence-corrected chi connectivity index (χ1v) is 6.89. The number of nitrogens with zero attached hydrogens (tertiary/aromatic N) is 2. The zero-order chi connectivity index (χ0) is 14.8. The van der Waals surface area contributed by atoms with Crippen LogP contribution < -0.4 is 10.6 Å². The van der Waals surface area contributed by atoms with E-state index in [1.807, 2.05) is 19.9 Å². The Labute approximate surface area is 120 Å². The summed E-state index contributed by atoms with van der Waals surface area (Å²) < 4.78 is 10.8. The minimum atomic E-state index is -0.0215. The molecule has 0 fully saturated rings. The second-order valence-electron chi connectivity index (χ2n) is 4.20. The average Bonchev–Trinajstić information content (AvgIpc) is 2.46. The van der Waals surface area contributed by atoms with E-state index in [0.717, 1.165) is 18.8 Å². The Morgan fingerprint density at radius 3 is 2.20 bits per heavy atom. The van der Waals surface area contributed by atoms with Crippen LogP contribution in [0.3, 0.4) is 0 Å². The standard InChI is InChI=1S/C14H24N4O2/c1-3-19-9-7-18(8-10-20-4-2)12-5-6-13(14(15)16)17-11-12/h5-6,11H,3-4,7-10H2,1-2H3,(H3,15,16). The minimum absolute atomic E-state index is 0.0215. The number of pyridine rings is 1. The molecule has 0 saturated heterocycles. The maximum absolute atomic E-state index is 7.35. The first kappa shape index (κ1) is 16.4. The summed E-state index contributed by atoms with van der Waals surface area (Å²) in [5.74, 6) is -0.0215. The van der Waals surface area contributed by atoms with Crippen molar-refractivity contribution in [3.05, 3.63) is 24.0 Å². The van der Waals surface area contributed by atoms with E-state index in [1.54, 1.807) is 12.3 Å². The van der Waals surface area contributed by atoms with Gasteiger partial charge in [-0.2, -0.15) is 0 Å². The lowest BCUT2D eigenvalue weighted by atomic mass is 10.3. The molecular weight excluding hydrogens is 256 g/mol. The molecule has 0 aliphatic carbocycles. The molecule has 0 saturated carbocycles. The number of anilines is 1. The fraction of sp³-hybridized carbons (Fsp3) is 0.571. The Morgan fingerprint density at radius 1 is 1.20 bits per heavy atom. The molecule has 6 heteroatoms. The molecule has 1 aromatic rings. The molecule has 0 bridgehead atoms. The Balaban J connectivity index is 2.66. The summed E-state index contributed by atoms with van der Waals surface area (Å²) in [4.78, 5) is 6.34. The Hall–Kier alpha value is -1.66. The van der Waals surface area contributed by atoms with Crippen LogP contribution in [-0.4, -0.2) is 50.3 Å². The highest BCUT2D eigenvalue weighted by Gasteiger charge is 2.08. The molecule has 0 aromatic carbocycles. The van der Waals surface area contributed by atoms with Gasteiger partial charge in [0.1, 0.15) is 11.5 Å². The van der Waals surface area contributed by atoms with Crippen molar-refractivity contribution in [2.45, 2.75) is 13.8 Å². The molecule has 0 unspecified atom stereocenters. The molecule has 0 radical (unpaired) electrons. The van der Waals surface area contributed by atoms with Crippen LogP contribution in [0.15, 0.2) is 18.3 Å². The molecule has 1 aromatic heterocycles. The summed E-state index contributed by atoms with van der Waals surface area (Å²) in [6.45, 7) is 8.27. The number of nitrogen functional groups attached to an aromatic ring is 1. The summed E-state index contributed by atoms with van der Waals surface area (Å²) >= 11 is 0. The summed E-state index contributed by atoms with van der Waals surface area (Å²) in [7, 11) is 0. The van der Waals surface area contributed by atoms with Gasteiger partial charge in [-0.25, -0.2) is 0 Å². The van der Waals surface area contributed by atoms with Crippen molar-refractivity contribution >= 4 is 11.5 Å². The normalized spacial score (nSPS) is 10.5. The van der Waals surface area contributed by atoms with Crippen molar-refractivity contribution in [2.75, 3.05) is 44.4 Å². The highest BCUT2D eigenvalue weighted by atomic mass is 16.5. The van der Waals surface area contributed by atoms with Crippen LogP contribution in [0.4, 0.5) is 5.69 Å². The predicted octanol–water partition coefficient (Wildman–Crippen LogP) is 1.25. The third-order valence-corrected chi connectivity index (χ3v) is 2.81. The van der Waals surface area contributed by atoms with E-state index in [9.17, 15) is 0 Å². The molecule has 0 aliphatic heterocycles. The van der Waals surface area contributed by atoms with Gasteiger partial charge in [0.2, 0.25) is 0 Å². The third kappa shape index (κ3) is 5.54. The molecule has 0 amide bonds. The number of amidine groups is 1. The smallest absolute Gasteiger partial charge is 0.141 e. The molecule has 0 spiro atoms. The lowest BCUT2D eigenvalue weighted by Gasteiger charge is -2.24. The van der Waals surface area contributed by atoms with Crippen molar-refractivity contribution in [3.63, 3.8) is 0 Å². The van der Waals surface area contributed by atoms with Gasteiger partial charge >= 0.3 is 0 Å². The van der Waals surface area contributed by atoms with Crippen LogP contribution >= 0.6 is 0 Å². The SMILES string of the molecule is CCOCCN(CCOCC)c1ccc(C(=N)N)nc1. The molecule has 1 heterocycles. The molecule has 6 nitrogen and oxygen atoms in total. The molecule has 0 aliphatic rings. The Bertz CT molecular complexity index is 385. The summed E-state index contributed by atoms with van der Waals surface area (Å²) in [6, 6.07) is 3.67. The molecule has 112 valence electrons. The van der Waals surface area contributed by atoms with Crippen LogP contribution in [0.1, 0.15) is 19.5 Å². The zero-order valence-corrected chi connectivity index (χ0v) is 12.3. The van der Waals surface area contributed by atoms with Crippen LogP contribution in [0, 0.1) is 5.41 Å². The quantitative estimate of drug-likeness (QED) is 0.383. The van der Waals surface area contributed by atoms with Crippen molar-refractivity contribution in [1.29, 1.82) is 5.41 Å². The minimum Gasteiger partial charge on any atom is -0.382 e. The summed E-state index contributed by atoms with van der Waals surface area (Å²) in [6.07, 6.45) is 1.73. The van der Waals surface area contributed by atoms with Gasteiger partial charge in [0.25, 0.3) is 0 Å². The summed E-state index contributed by atoms with van der Waals surface area (Å²) in [5.41, 5.74) is 6.87. The number of nitrogens with two attached hydrogens (primary N) is 1. The van der Waals surface area contributed by atoms with Crippen molar-refractivity contribution < 1.29 is 9.47 Å². The maximum atomic E-state index is 7.35. The second kappa shape index (κ2) is 9.28. The van der Waals surface area contributed by atoms with E-state index in [2.05, 4.69) is 9.88 Å². The van der Waals surface area contributed by atoms with Crippen LogP contribution in [-0.2, 0) is 9.47 Å². The van der Waals surface area contributed by atoms with Crippen molar-refractivity contribution in [2.24, 2.45) is 5.73 Å². The predicted molar refractivity (Wildman–Crippen MR) is 80.5 cm³/mol. The van der Waals surface area contributed by atoms with E-state index >= 15 is 0 Å². The highest BCUT2D eigenvalue weighted by molar-refractivity contribution is 5.93. The Morgan fingerprint density at radius 2 is 1.80 bits per heavy atom. The first-order chi connectivity index (χ1) is 9.69. The lowest BCUT2D eigenvalue weighted by Crippen LogP contribution is -2.31. The van der Waals surface area contributed by atoms with Crippen molar-refractivity contribution in [3.8, 4) is 0 Å².